The minimum absolute atomic E-state index is 0.00687. The van der Waals surface area contributed by atoms with Crippen LogP contribution in [0.2, 0.25) is 0 Å². The van der Waals surface area contributed by atoms with Gasteiger partial charge in [0.1, 0.15) is 0 Å². The molecule has 19 heavy (non-hydrogen) atoms. The smallest absolute Gasteiger partial charge is 0.229 e. The van der Waals surface area contributed by atoms with Gasteiger partial charge in [0.15, 0.2) is 0 Å². The van der Waals surface area contributed by atoms with Crippen molar-refractivity contribution >= 4 is 11.8 Å². The molecule has 0 aliphatic rings. The normalized spacial score (nSPS) is 13.9. The van der Waals surface area contributed by atoms with Gasteiger partial charge in [-0.1, -0.05) is 53.4 Å². The van der Waals surface area contributed by atoms with Crippen molar-refractivity contribution in [2.24, 2.45) is 11.8 Å². The van der Waals surface area contributed by atoms with Crippen LogP contribution < -0.4 is 5.32 Å². The minimum Gasteiger partial charge on any atom is -0.296 e. The first-order valence-corrected chi connectivity index (χ1v) is 7.95. The predicted octanol–water partition coefficient (Wildman–Crippen LogP) is 4.06. The van der Waals surface area contributed by atoms with E-state index in [2.05, 4.69) is 19.2 Å². The number of nitrogens with one attached hydrogen (secondary N) is 1. The zero-order valence-corrected chi connectivity index (χ0v) is 13.1. The van der Waals surface area contributed by atoms with Gasteiger partial charge in [-0.3, -0.25) is 14.9 Å². The van der Waals surface area contributed by atoms with Crippen LogP contribution in [-0.2, 0) is 9.59 Å². The van der Waals surface area contributed by atoms with Gasteiger partial charge < -0.3 is 0 Å². The number of amides is 2. The van der Waals surface area contributed by atoms with E-state index in [1.807, 2.05) is 13.8 Å². The number of unbranched alkanes of at least 4 members (excludes halogenated alkanes) is 2. The van der Waals surface area contributed by atoms with Gasteiger partial charge in [-0.25, -0.2) is 0 Å². The van der Waals surface area contributed by atoms with Gasteiger partial charge in [-0.15, -0.1) is 0 Å². The molecule has 2 atom stereocenters. The number of hydrogen-bond donors (Lipinski definition) is 1. The van der Waals surface area contributed by atoms with Crippen molar-refractivity contribution in [1.82, 2.24) is 5.32 Å². The van der Waals surface area contributed by atoms with Gasteiger partial charge in [0.05, 0.1) is 0 Å². The van der Waals surface area contributed by atoms with Crippen molar-refractivity contribution in [3.8, 4) is 0 Å². The Bertz CT molecular complexity index is 237. The Balaban J connectivity index is 4.30. The molecule has 3 heteroatoms. The fraction of sp³-hybridized carbons (Fsp3) is 0.875. The lowest BCUT2D eigenvalue weighted by molar-refractivity contribution is -0.135. The lowest BCUT2D eigenvalue weighted by Gasteiger charge is -2.17. The molecule has 0 spiro atoms. The molecule has 0 saturated heterocycles. The first-order chi connectivity index (χ1) is 9.10. The zero-order valence-electron chi connectivity index (χ0n) is 13.1. The fourth-order valence-electron chi connectivity index (χ4n) is 2.27. The van der Waals surface area contributed by atoms with Crippen molar-refractivity contribution in [1.29, 1.82) is 0 Å². The highest BCUT2D eigenvalue weighted by atomic mass is 16.2. The predicted molar refractivity (Wildman–Crippen MR) is 79.8 cm³/mol. The molecule has 0 heterocycles. The van der Waals surface area contributed by atoms with Crippen LogP contribution >= 0.6 is 0 Å². The summed E-state index contributed by atoms with van der Waals surface area (Å²) in [6.07, 6.45) is 7.67. The van der Waals surface area contributed by atoms with Crippen LogP contribution in [0.5, 0.6) is 0 Å². The van der Waals surface area contributed by atoms with Gasteiger partial charge in [0.25, 0.3) is 0 Å². The SMILES string of the molecule is CCCCC(CC)C(=O)NC(=O)C(CC)CCCC. The van der Waals surface area contributed by atoms with Crippen LogP contribution in [0.15, 0.2) is 0 Å². The molecule has 0 fully saturated rings. The molecule has 0 aromatic carbocycles. The van der Waals surface area contributed by atoms with Crippen LogP contribution in [0.25, 0.3) is 0 Å². The van der Waals surface area contributed by atoms with Gasteiger partial charge in [0.2, 0.25) is 11.8 Å². The molecule has 0 bridgehead atoms. The summed E-state index contributed by atoms with van der Waals surface area (Å²) in [4.78, 5) is 24.1. The Morgan fingerprint density at radius 3 is 1.42 bits per heavy atom. The third-order valence-electron chi connectivity index (χ3n) is 3.79. The van der Waals surface area contributed by atoms with Crippen molar-refractivity contribution in [2.45, 2.75) is 79.1 Å². The summed E-state index contributed by atoms with van der Waals surface area (Å²) < 4.78 is 0. The summed E-state index contributed by atoms with van der Waals surface area (Å²) in [7, 11) is 0. The van der Waals surface area contributed by atoms with Crippen LogP contribution in [0.4, 0.5) is 0 Å². The third kappa shape index (κ3) is 7.34. The number of carbonyl (C=O) groups is 2. The Kier molecular flexibility index (Phi) is 10.5. The van der Waals surface area contributed by atoms with Gasteiger partial charge >= 0.3 is 0 Å². The Morgan fingerprint density at radius 2 is 1.16 bits per heavy atom. The molecule has 1 N–H and O–H groups in total. The largest absolute Gasteiger partial charge is 0.296 e. The van der Waals surface area contributed by atoms with E-state index in [0.717, 1.165) is 51.4 Å². The molecule has 0 radical (unpaired) electrons. The molecule has 112 valence electrons. The van der Waals surface area contributed by atoms with E-state index in [1.165, 1.54) is 0 Å². The van der Waals surface area contributed by atoms with Crippen LogP contribution in [0, 0.1) is 11.8 Å². The first-order valence-electron chi connectivity index (χ1n) is 7.95. The quantitative estimate of drug-likeness (QED) is 0.650. The molecule has 0 aromatic heterocycles. The molecule has 2 unspecified atom stereocenters. The standard InChI is InChI=1S/C16H31NO2/c1-5-9-11-13(7-3)15(18)17-16(19)14(8-4)12-10-6-2/h13-14H,5-12H2,1-4H3,(H,17,18,19). The van der Waals surface area contributed by atoms with Crippen LogP contribution in [0.1, 0.15) is 79.1 Å². The molecule has 3 nitrogen and oxygen atoms in total. The Hall–Kier alpha value is -0.860. The summed E-state index contributed by atoms with van der Waals surface area (Å²) in [5.74, 6) is -0.160. The van der Waals surface area contributed by atoms with E-state index in [0.29, 0.717) is 0 Å². The molecule has 0 saturated carbocycles. The highest BCUT2D eigenvalue weighted by Crippen LogP contribution is 2.15. The Labute approximate surface area is 118 Å². The number of imide groups is 1. The van der Waals surface area contributed by atoms with E-state index in [9.17, 15) is 9.59 Å². The summed E-state index contributed by atoms with van der Waals surface area (Å²) in [6.45, 7) is 8.26. The molecule has 0 aliphatic heterocycles. The molecule has 0 aliphatic carbocycles. The number of rotatable bonds is 10. The average Bonchev–Trinajstić information content (AvgIpc) is 2.40. The summed E-state index contributed by atoms with van der Waals surface area (Å²) >= 11 is 0. The minimum atomic E-state index is -0.0732. The second-order valence-electron chi connectivity index (χ2n) is 5.35. The number of carbonyl (C=O) groups excluding carboxylic acids is 2. The lowest BCUT2D eigenvalue weighted by atomic mass is 9.96. The summed E-state index contributed by atoms with van der Waals surface area (Å²) in [5.41, 5.74) is 0. The first kappa shape index (κ1) is 18.1. The lowest BCUT2D eigenvalue weighted by Crippen LogP contribution is -2.39. The molecule has 2 amide bonds. The van der Waals surface area contributed by atoms with Crippen molar-refractivity contribution in [2.75, 3.05) is 0 Å². The van der Waals surface area contributed by atoms with Gasteiger partial charge in [-0.05, 0) is 25.7 Å². The molecular weight excluding hydrogens is 238 g/mol. The van der Waals surface area contributed by atoms with Crippen molar-refractivity contribution in [3.05, 3.63) is 0 Å². The zero-order chi connectivity index (χ0) is 14.7. The van der Waals surface area contributed by atoms with Gasteiger partial charge in [-0.2, -0.15) is 0 Å². The maximum Gasteiger partial charge on any atom is 0.229 e. The van der Waals surface area contributed by atoms with E-state index in [4.69, 9.17) is 0 Å². The van der Waals surface area contributed by atoms with Crippen LogP contribution in [0.3, 0.4) is 0 Å². The molecule has 0 aromatic rings. The highest BCUT2D eigenvalue weighted by Gasteiger charge is 2.22. The highest BCUT2D eigenvalue weighted by molar-refractivity contribution is 5.97. The maximum atomic E-state index is 12.1. The van der Waals surface area contributed by atoms with Crippen LogP contribution in [-0.4, -0.2) is 11.8 Å². The topological polar surface area (TPSA) is 46.2 Å². The third-order valence-corrected chi connectivity index (χ3v) is 3.79. The van der Waals surface area contributed by atoms with Gasteiger partial charge in [0, 0.05) is 11.8 Å². The Morgan fingerprint density at radius 1 is 0.789 bits per heavy atom. The van der Waals surface area contributed by atoms with E-state index in [1.54, 1.807) is 0 Å². The summed E-state index contributed by atoms with van der Waals surface area (Å²) in [5, 5.41) is 2.62. The summed E-state index contributed by atoms with van der Waals surface area (Å²) in [6, 6.07) is 0. The second-order valence-corrected chi connectivity index (χ2v) is 5.35. The van der Waals surface area contributed by atoms with Crippen molar-refractivity contribution in [3.63, 3.8) is 0 Å². The number of hydrogen-bond acceptors (Lipinski definition) is 2. The monoisotopic (exact) mass is 269 g/mol. The maximum absolute atomic E-state index is 12.1. The molecule has 0 rings (SSSR count). The van der Waals surface area contributed by atoms with E-state index < -0.39 is 0 Å². The average molecular weight is 269 g/mol. The van der Waals surface area contributed by atoms with Crippen molar-refractivity contribution < 1.29 is 9.59 Å². The van der Waals surface area contributed by atoms with E-state index >= 15 is 0 Å². The van der Waals surface area contributed by atoms with E-state index in [-0.39, 0.29) is 23.7 Å². The second kappa shape index (κ2) is 11.0. The fourth-order valence-corrected chi connectivity index (χ4v) is 2.27. The molecular formula is C16H31NO2.